The molecule has 0 spiro atoms. The highest BCUT2D eigenvalue weighted by Crippen LogP contribution is 2.26. The molecule has 1 aromatic carbocycles. The number of carboxylic acid groups (broad SMARTS) is 1. The van der Waals surface area contributed by atoms with E-state index in [0.717, 1.165) is 0 Å². The van der Waals surface area contributed by atoms with Crippen LogP contribution in [0.15, 0.2) is 31.9 Å². The number of carbonyl (C=O) groups is 2. The molecule has 2 aromatic rings. The number of halogens is 1. The highest BCUT2D eigenvalue weighted by molar-refractivity contribution is 9.10. The van der Waals surface area contributed by atoms with E-state index in [1.165, 1.54) is 12.1 Å². The van der Waals surface area contributed by atoms with Gasteiger partial charge >= 0.3 is 11.6 Å². The minimum atomic E-state index is -1.24. The van der Waals surface area contributed by atoms with Crippen molar-refractivity contribution in [3.8, 4) is 5.95 Å². The lowest BCUT2D eigenvalue weighted by molar-refractivity contribution is -0.135. The molecule has 1 heterocycles. The molecule has 0 atom stereocenters. The van der Waals surface area contributed by atoms with E-state index in [4.69, 9.17) is 5.11 Å². The first-order valence-corrected chi connectivity index (χ1v) is 6.14. The van der Waals surface area contributed by atoms with Crippen LogP contribution >= 0.6 is 15.9 Å². The van der Waals surface area contributed by atoms with E-state index in [0.29, 0.717) is 4.47 Å². The Morgan fingerprint density at radius 3 is 2.65 bits per heavy atom. The smallest absolute Gasteiger partial charge is 0.346 e. The second kappa shape index (κ2) is 5.33. The number of fused-ring (bicyclic) bond motifs is 1. The van der Waals surface area contributed by atoms with E-state index in [2.05, 4.69) is 25.7 Å². The van der Waals surface area contributed by atoms with Gasteiger partial charge in [0.2, 0.25) is 0 Å². The van der Waals surface area contributed by atoms with Crippen LogP contribution < -0.4 is 10.9 Å². The molecule has 7 nitrogen and oxygen atoms in total. The van der Waals surface area contributed by atoms with Gasteiger partial charge in [0, 0.05) is 9.86 Å². The Kier molecular flexibility index (Phi) is 3.75. The second-order valence-corrected chi connectivity index (χ2v) is 4.75. The van der Waals surface area contributed by atoms with Gasteiger partial charge in [-0.25, -0.2) is 4.79 Å². The zero-order chi connectivity index (χ0) is 14.9. The molecule has 8 heteroatoms. The lowest BCUT2D eigenvalue weighted by atomic mass is 10.1. The van der Waals surface area contributed by atoms with Gasteiger partial charge in [-0.15, -0.1) is 0 Å². The molecular formula is C12H8BrNO6. The average Bonchev–Trinajstić information content (AvgIpc) is 2.35. The zero-order valence-electron chi connectivity index (χ0n) is 9.84. The van der Waals surface area contributed by atoms with Gasteiger partial charge in [0.15, 0.2) is 0 Å². The summed E-state index contributed by atoms with van der Waals surface area (Å²) in [6.07, 6.45) is 0. The number of benzene rings is 1. The molecule has 1 amide bonds. The minimum absolute atomic E-state index is 0.103. The van der Waals surface area contributed by atoms with Crippen molar-refractivity contribution in [2.24, 2.45) is 0 Å². The van der Waals surface area contributed by atoms with E-state index in [9.17, 15) is 19.5 Å². The average molecular weight is 342 g/mol. The van der Waals surface area contributed by atoms with E-state index in [1.54, 1.807) is 6.07 Å². The van der Waals surface area contributed by atoms with Crippen molar-refractivity contribution in [2.75, 3.05) is 6.54 Å². The van der Waals surface area contributed by atoms with Crippen molar-refractivity contribution < 1.29 is 24.2 Å². The van der Waals surface area contributed by atoms with Crippen molar-refractivity contribution in [3.05, 3.63) is 38.7 Å². The summed E-state index contributed by atoms with van der Waals surface area (Å²) in [5, 5.41) is 20.5. The zero-order valence-corrected chi connectivity index (χ0v) is 11.4. The van der Waals surface area contributed by atoms with Gasteiger partial charge in [0.25, 0.3) is 11.9 Å². The van der Waals surface area contributed by atoms with Crippen molar-refractivity contribution >= 4 is 38.6 Å². The number of hydrogen-bond acceptors (Lipinski definition) is 5. The van der Waals surface area contributed by atoms with Crippen molar-refractivity contribution in [3.63, 3.8) is 0 Å². The van der Waals surface area contributed by atoms with E-state index < -0.39 is 30.0 Å². The van der Waals surface area contributed by atoms with E-state index >= 15 is 0 Å². The maximum Gasteiger partial charge on any atom is 0.346 e. The number of aromatic hydroxyl groups is 1. The Labute approximate surface area is 120 Å². The van der Waals surface area contributed by atoms with Gasteiger partial charge in [-0.3, -0.25) is 9.59 Å². The number of rotatable bonds is 3. The third kappa shape index (κ3) is 2.64. The van der Waals surface area contributed by atoms with Gasteiger partial charge in [-0.05, 0) is 18.2 Å². The molecule has 104 valence electrons. The monoisotopic (exact) mass is 341 g/mol. The SMILES string of the molecule is O=C(O)CNC(=O)c1c(O)oc(=O)c2ccc(Br)cc12. The molecule has 0 radical (unpaired) electrons. The van der Waals surface area contributed by atoms with Gasteiger partial charge in [-0.2, -0.15) is 0 Å². The maximum absolute atomic E-state index is 11.9. The number of hydrogen-bond donors (Lipinski definition) is 3. The molecule has 0 unspecified atom stereocenters. The summed E-state index contributed by atoms with van der Waals surface area (Å²) in [6.45, 7) is -0.618. The number of carbonyl (C=O) groups excluding carboxylic acids is 1. The number of carboxylic acids is 1. The molecule has 0 saturated heterocycles. The van der Waals surface area contributed by atoms with Crippen LogP contribution in [0.2, 0.25) is 0 Å². The summed E-state index contributed by atoms with van der Waals surface area (Å²) in [6, 6.07) is 4.47. The third-order valence-corrected chi connectivity index (χ3v) is 2.99. The van der Waals surface area contributed by atoms with Crippen LogP contribution in [0.5, 0.6) is 5.95 Å². The van der Waals surface area contributed by atoms with Crippen LogP contribution in [0, 0.1) is 0 Å². The van der Waals surface area contributed by atoms with Gasteiger partial charge < -0.3 is 19.9 Å². The molecule has 0 bridgehead atoms. The van der Waals surface area contributed by atoms with Crippen LogP contribution in [0.4, 0.5) is 0 Å². The van der Waals surface area contributed by atoms with Gasteiger partial charge in [-0.1, -0.05) is 15.9 Å². The van der Waals surface area contributed by atoms with E-state index in [1.807, 2.05) is 0 Å². The first kappa shape index (κ1) is 14.1. The van der Waals surface area contributed by atoms with Crippen molar-refractivity contribution in [1.82, 2.24) is 5.32 Å². The highest BCUT2D eigenvalue weighted by atomic mass is 79.9. The lowest BCUT2D eigenvalue weighted by Crippen LogP contribution is -2.29. The summed E-state index contributed by atoms with van der Waals surface area (Å²) in [5.74, 6) is -2.94. The fourth-order valence-corrected chi connectivity index (χ4v) is 2.04. The fraction of sp³-hybridized carbons (Fsp3) is 0.0833. The Morgan fingerprint density at radius 1 is 1.30 bits per heavy atom. The molecule has 3 N–H and O–H groups in total. The normalized spacial score (nSPS) is 10.4. The summed E-state index contributed by atoms with van der Waals surface area (Å²) in [7, 11) is 0. The Morgan fingerprint density at radius 2 is 2.00 bits per heavy atom. The summed E-state index contributed by atoms with van der Waals surface area (Å²) in [5.41, 5.74) is -1.08. The van der Waals surface area contributed by atoms with Crippen LogP contribution in [-0.4, -0.2) is 28.6 Å². The first-order chi connectivity index (χ1) is 9.40. The predicted octanol–water partition coefficient (Wildman–Crippen LogP) is 1.08. The molecular weight excluding hydrogens is 334 g/mol. The van der Waals surface area contributed by atoms with Crippen LogP contribution in [0.3, 0.4) is 0 Å². The van der Waals surface area contributed by atoms with Crippen LogP contribution in [-0.2, 0) is 4.79 Å². The second-order valence-electron chi connectivity index (χ2n) is 3.84. The topological polar surface area (TPSA) is 117 Å². The molecule has 1 aromatic heterocycles. The lowest BCUT2D eigenvalue weighted by Gasteiger charge is -2.07. The Balaban J connectivity index is 2.62. The maximum atomic E-state index is 11.9. The molecule has 0 aliphatic heterocycles. The third-order valence-electron chi connectivity index (χ3n) is 2.50. The fourth-order valence-electron chi connectivity index (χ4n) is 1.67. The van der Waals surface area contributed by atoms with Gasteiger partial charge in [0.1, 0.15) is 12.1 Å². The minimum Gasteiger partial charge on any atom is -0.480 e. The molecule has 2 rings (SSSR count). The van der Waals surface area contributed by atoms with Crippen molar-refractivity contribution in [2.45, 2.75) is 0 Å². The standard InChI is InChI=1S/C12H8BrNO6/c13-5-1-2-6-7(3-5)9(12(19)20-11(6)18)10(17)14-4-8(15)16/h1-3,19H,4H2,(H,14,17)(H,15,16). The Bertz CT molecular complexity index is 766. The van der Waals surface area contributed by atoms with Crippen molar-refractivity contribution in [1.29, 1.82) is 0 Å². The predicted molar refractivity (Wildman–Crippen MR) is 71.8 cm³/mol. The molecule has 0 aliphatic carbocycles. The van der Waals surface area contributed by atoms with Gasteiger partial charge in [0.05, 0.1) is 5.39 Å². The molecule has 0 saturated carbocycles. The quantitative estimate of drug-likeness (QED) is 0.768. The molecule has 0 aliphatic rings. The summed E-state index contributed by atoms with van der Waals surface area (Å²) in [4.78, 5) is 33.9. The summed E-state index contributed by atoms with van der Waals surface area (Å²) < 4.78 is 5.15. The van der Waals surface area contributed by atoms with Crippen LogP contribution in [0.25, 0.3) is 10.8 Å². The number of aliphatic carboxylic acids is 1. The highest BCUT2D eigenvalue weighted by Gasteiger charge is 2.20. The largest absolute Gasteiger partial charge is 0.480 e. The number of nitrogens with one attached hydrogen (secondary N) is 1. The number of amides is 1. The van der Waals surface area contributed by atoms with Crippen LogP contribution in [0.1, 0.15) is 10.4 Å². The first-order valence-electron chi connectivity index (χ1n) is 5.35. The molecule has 0 fully saturated rings. The summed E-state index contributed by atoms with van der Waals surface area (Å²) >= 11 is 3.19. The Hall–Kier alpha value is -2.35. The molecule has 20 heavy (non-hydrogen) atoms. The van der Waals surface area contributed by atoms with E-state index in [-0.39, 0.29) is 16.3 Å².